The molecular formula is C46H48AlClF84N10O7. The molecule has 0 aliphatic rings. The number of hydrogen-bond donors (Lipinski definition) is 2. The lowest BCUT2D eigenvalue weighted by molar-refractivity contribution is -0.178. The molecule has 0 aliphatic carbocycles. The van der Waals surface area contributed by atoms with Crippen LogP contribution in [0.15, 0.2) is 94.5 Å². The first-order valence-electron chi connectivity index (χ1n) is 27.0. The number of anilines is 2. The van der Waals surface area contributed by atoms with Gasteiger partial charge in [0.1, 0.15) is 43.4 Å². The summed E-state index contributed by atoms with van der Waals surface area (Å²) in [6.45, 7) is 6.13. The molecule has 0 saturated carbocycles. The van der Waals surface area contributed by atoms with Crippen molar-refractivity contribution in [3.05, 3.63) is 131 Å². The largest absolute Gasteiger partial charge is 0.461 e. The maximum atomic E-state index is 12.8. The number of carbonyl (C=O) groups is 2. The number of esters is 1. The second-order valence-electron chi connectivity index (χ2n) is 15.7. The Morgan fingerprint density at radius 2 is 0.570 bits per heavy atom. The average Bonchev–Trinajstić information content (AvgIpc) is 1.67. The van der Waals surface area contributed by atoms with E-state index in [-0.39, 0.29) is 35.3 Å². The standard InChI is InChI=1S/C21H18F3N5O3.C12H12F3N3O2.C11H12N2O2.2CH3.Al.ClH.39F2/c1-12-5-6-29-16(9-25-17(29)7-12)20(30)26-15-8-14(4-3-13(15)2)19-27-18(32-28-19)10-31-11-21(22,23)24;1-7-2-3-8(4-9(7)16)11-17-10(20-18-11)5-19-6-12(13,14)15;1-3-15-11(14)9-7-12-10-6-8(2)4-5-13(9)10;;;;;39*1-2/h3-9H,10-11H2,1-2H3,(H,26,30);2-4H,5-6,16H2,1H3;4-7H,3H2,1-2H3;2*1H3;;1H;;;;;;;;;;;;;;;;;;;;;;;;;;;;;;;;;;;;;;;/q;;;;;+1;;;;;;;;;;;;;;;;;;;;;;;;;;;;;;;;;;;;;;;;/p-1. The van der Waals surface area contributed by atoms with Crippen LogP contribution in [-0.4, -0.2) is 96.3 Å². The Kier molecular flexibility index (Phi) is 458. The molecule has 922 valence electrons. The van der Waals surface area contributed by atoms with E-state index < -0.39 is 52.0 Å². The maximum Gasteiger partial charge on any atom is 0.411 e. The predicted molar refractivity (Wildman–Crippen MR) is 338 cm³/mol. The monoisotopic (exact) mass is 2510 g/mol. The molecule has 6 heterocycles. The zero-order valence-electron chi connectivity index (χ0n) is 68.8. The number of nitrogens with one attached hydrogen (secondary N) is 1. The number of aromatic nitrogens is 8. The van der Waals surface area contributed by atoms with Crippen LogP contribution in [0, 0.1) is 27.7 Å². The van der Waals surface area contributed by atoms with Crippen molar-refractivity contribution in [1.29, 1.82) is 0 Å². The lowest BCUT2D eigenvalue weighted by atomic mass is 10.1. The van der Waals surface area contributed by atoms with E-state index in [1.54, 1.807) is 58.3 Å². The fourth-order valence-electron chi connectivity index (χ4n) is 5.92. The summed E-state index contributed by atoms with van der Waals surface area (Å²) in [7, 11) is 5.41. The van der Waals surface area contributed by atoms with Gasteiger partial charge in [0.25, 0.3) is 17.7 Å². The van der Waals surface area contributed by atoms with Gasteiger partial charge in [-0.3, -0.25) is 23.6 Å². The van der Waals surface area contributed by atoms with Crippen molar-refractivity contribution >= 4 is 57.8 Å². The Morgan fingerprint density at radius 3 is 0.799 bits per heavy atom. The molecule has 8 rings (SSSR count). The number of fused-ring (bicyclic) bond motifs is 2. The van der Waals surface area contributed by atoms with Crippen molar-refractivity contribution < 1.29 is 416 Å². The molecule has 103 heteroatoms. The zero-order chi connectivity index (χ0) is 130. The molecule has 17 nitrogen and oxygen atoms in total. The van der Waals surface area contributed by atoms with E-state index in [2.05, 4.69) is 56.6 Å². The molecule has 0 bridgehead atoms. The lowest BCUT2D eigenvalue weighted by Gasteiger charge is -2.09. The molecule has 8 aromatic rings. The maximum absolute atomic E-state index is 12.8. The molecule has 0 unspecified atom stereocenters. The number of alkyl halides is 6. The molecule has 0 radical (unpaired) electrons. The Balaban J connectivity index is -0.0000000300. The molecule has 6 aromatic heterocycles. The summed E-state index contributed by atoms with van der Waals surface area (Å²) in [4.78, 5) is 40.8. The Hall–Kier alpha value is -12.3. The van der Waals surface area contributed by atoms with Gasteiger partial charge in [0, 0.05) is 392 Å². The minimum Gasteiger partial charge on any atom is -0.461 e. The van der Waals surface area contributed by atoms with Crippen LogP contribution in [0.3, 0.4) is 0 Å². The van der Waals surface area contributed by atoms with E-state index in [9.17, 15) is 35.9 Å². The lowest BCUT2D eigenvalue weighted by Crippen LogP contribution is -2.16. The predicted octanol–water partition coefficient (Wildman–Crippen LogP) is 43.1. The molecule has 0 atom stereocenters. The van der Waals surface area contributed by atoms with E-state index in [4.69, 9.17) is 386 Å². The van der Waals surface area contributed by atoms with Crippen molar-refractivity contribution in [3.63, 3.8) is 0 Å². The molecule has 0 aliphatic heterocycles. The number of benzene rings is 2. The number of halogens is 85. The summed E-state index contributed by atoms with van der Waals surface area (Å²) in [5.74, 6) is 3.76. The van der Waals surface area contributed by atoms with Gasteiger partial charge >= 0.3 is 31.5 Å². The topological polar surface area (TPSA) is 212 Å². The van der Waals surface area contributed by atoms with Gasteiger partial charge in [-0.15, -0.1) is 0 Å². The average molecular weight is 2510 g/mol. The Labute approximate surface area is 769 Å². The highest BCUT2D eigenvalue weighted by Gasteiger charge is 2.29. The van der Waals surface area contributed by atoms with Crippen LogP contribution in [0.4, 0.5) is 395 Å². The van der Waals surface area contributed by atoms with E-state index in [1.807, 2.05) is 58.2 Å². The highest BCUT2D eigenvalue weighted by Crippen LogP contribution is 2.26. The first kappa shape index (κ1) is 243. The SMILES string of the molecule is CCOC(=O)c1cnc2cc(C)ccn12.Cc1ccc(-c2noc(COCC(F)(F)F)n2)cc1N.Cc1ccn2c(C(=O)Nc3cc(-c4noc(COCC(F)(F)F)n4)ccc3C)cnc2c1.FF.FF.FF.FF.FF.FF.FF.FF.FF.FF.FF.FF.FF.FF.FF.FF.FF.FF.FF.FF.FF.FF.FF.FF.FF.FF.FF.FF.FF.FF.FF.FF.FF.FF.FF.FF.FF.FF.FF.[CH3][Al]([CH3])[Cl]. The third-order valence-electron chi connectivity index (χ3n) is 9.25. The number of nitrogens with two attached hydrogens (primary N) is 1. The molecule has 0 fully saturated rings. The molecular weight excluding hydrogens is 2460 g/mol. The normalized spacial score (nSPS) is 6.93. The van der Waals surface area contributed by atoms with Crippen molar-refractivity contribution in [2.24, 2.45) is 0 Å². The number of ether oxygens (including phenoxy) is 3. The third kappa shape index (κ3) is 191. The minimum absolute atomic E-state index is 0.0246. The van der Waals surface area contributed by atoms with Crippen molar-refractivity contribution in [2.75, 3.05) is 30.9 Å². The number of nitrogen functional groups attached to an aromatic ring is 1. The number of carbonyl (C=O) groups excluding carboxylic acids is 2. The number of hydrogen-bond acceptors (Lipinski definition) is 14. The molecule has 1 amide bonds. The van der Waals surface area contributed by atoms with E-state index >= 15 is 0 Å². The van der Waals surface area contributed by atoms with E-state index in [0.29, 0.717) is 46.1 Å². The Morgan fingerprint density at radius 1 is 0.349 bits per heavy atom. The number of rotatable bonds is 12. The van der Waals surface area contributed by atoms with Gasteiger partial charge in [-0.1, -0.05) is 46.2 Å². The molecule has 149 heavy (non-hydrogen) atoms. The van der Waals surface area contributed by atoms with Crippen LogP contribution < -0.4 is 11.1 Å². The van der Waals surface area contributed by atoms with Crippen LogP contribution >= 0.6 is 10.0 Å². The van der Waals surface area contributed by atoms with Crippen LogP contribution in [0.1, 0.15) is 61.9 Å². The second kappa shape index (κ2) is 280. The number of amides is 1. The zero-order valence-corrected chi connectivity index (χ0v) is 70.7. The summed E-state index contributed by atoms with van der Waals surface area (Å²) in [6, 6.07) is 17.9. The fourth-order valence-corrected chi connectivity index (χ4v) is 5.92. The van der Waals surface area contributed by atoms with Gasteiger partial charge in [-0.2, -0.15) is 36.3 Å². The number of pyridine rings is 2. The van der Waals surface area contributed by atoms with Gasteiger partial charge in [-0.05, 0) is 93.3 Å². The van der Waals surface area contributed by atoms with Crippen LogP contribution in [0.2, 0.25) is 11.6 Å². The van der Waals surface area contributed by atoms with Crippen molar-refractivity contribution in [3.8, 4) is 22.8 Å². The van der Waals surface area contributed by atoms with Crippen molar-refractivity contribution in [1.82, 2.24) is 39.1 Å². The van der Waals surface area contributed by atoms with E-state index in [1.165, 1.54) is 12.4 Å². The summed E-state index contributed by atoms with van der Waals surface area (Å²) < 4.78 is 723. The van der Waals surface area contributed by atoms with Gasteiger partial charge in [-0.25, -0.2) is 14.8 Å². The highest BCUT2D eigenvalue weighted by atomic mass is 35.6. The molecule has 3 N–H and O–H groups in total. The van der Waals surface area contributed by atoms with Gasteiger partial charge in [0.2, 0.25) is 11.6 Å². The molecule has 0 spiro atoms. The number of imidazole rings is 2. The summed E-state index contributed by atoms with van der Waals surface area (Å²) in [6.07, 6.45) is -2.19. The first-order valence-corrected chi connectivity index (χ1v) is 31.0. The summed E-state index contributed by atoms with van der Waals surface area (Å²) in [5.41, 5.74) is 14.1. The summed E-state index contributed by atoms with van der Waals surface area (Å²) >= 11 is -0.667. The Bertz CT molecular complexity index is 3160. The van der Waals surface area contributed by atoms with Crippen LogP contribution in [0.25, 0.3) is 34.1 Å². The van der Waals surface area contributed by atoms with Gasteiger partial charge < -0.3 is 34.3 Å². The molecule has 0 saturated heterocycles. The minimum atomic E-state index is -4.44. The van der Waals surface area contributed by atoms with Gasteiger partial charge in [0.15, 0.2) is 5.69 Å². The summed E-state index contributed by atoms with van der Waals surface area (Å²) in [5, 5.41) is 10.3. The fraction of sp³-hybridized carbons (Fsp3) is 0.304. The highest BCUT2D eigenvalue weighted by molar-refractivity contribution is 7.05. The second-order valence-corrected chi connectivity index (χ2v) is 20.3. The number of aryl methyl sites for hydroxylation is 4. The van der Waals surface area contributed by atoms with Crippen LogP contribution in [0.5, 0.6) is 0 Å². The first-order chi connectivity index (χ1) is 72.5. The molecule has 2 aromatic carbocycles. The van der Waals surface area contributed by atoms with E-state index in [0.717, 1.165) is 27.9 Å². The smallest absolute Gasteiger partial charge is 0.411 e. The number of nitrogens with zero attached hydrogens (tertiary/aromatic N) is 8. The third-order valence-corrected chi connectivity index (χ3v) is 9.25. The van der Waals surface area contributed by atoms with Crippen molar-refractivity contribution in [2.45, 2.75) is 71.8 Å². The quantitative estimate of drug-likeness (QED) is 0.0504. The van der Waals surface area contributed by atoms with Gasteiger partial charge in [0.05, 0.1) is 19.0 Å². The van der Waals surface area contributed by atoms with Crippen LogP contribution in [-0.2, 0) is 27.4 Å².